The third-order valence-electron chi connectivity index (χ3n) is 3.11. The van der Waals surface area contributed by atoms with Crippen molar-refractivity contribution in [3.63, 3.8) is 0 Å². The Hall–Kier alpha value is -1.65. The van der Waals surface area contributed by atoms with Gasteiger partial charge in [-0.05, 0) is 50.6 Å². The van der Waals surface area contributed by atoms with Crippen molar-refractivity contribution in [2.75, 3.05) is 0 Å². The number of nitrogens with one attached hydrogen (secondary N) is 1. The van der Waals surface area contributed by atoms with Gasteiger partial charge in [-0.1, -0.05) is 30.3 Å². The van der Waals surface area contributed by atoms with Crippen LogP contribution in [0.3, 0.4) is 0 Å². The molecule has 0 atom stereocenters. The molecule has 2 aromatic rings. The van der Waals surface area contributed by atoms with Crippen LogP contribution in [-0.2, 0) is 16.4 Å². The van der Waals surface area contributed by atoms with E-state index in [0.29, 0.717) is 9.79 Å². The number of benzene rings is 2. The van der Waals surface area contributed by atoms with Crippen LogP contribution in [-0.4, -0.2) is 14.0 Å². The van der Waals surface area contributed by atoms with Crippen molar-refractivity contribution in [1.29, 1.82) is 0 Å². The fourth-order valence-corrected chi connectivity index (χ4v) is 3.17. The second-order valence-corrected chi connectivity index (χ2v) is 8.01. The zero-order valence-electron chi connectivity index (χ0n) is 12.6. The minimum atomic E-state index is -3.42. The van der Waals surface area contributed by atoms with E-state index in [2.05, 4.69) is 26.1 Å². The molecule has 0 fully saturated rings. The Bertz CT molecular complexity index is 684. The normalized spacial score (nSPS) is 12.3. The molecule has 112 valence electrons. The van der Waals surface area contributed by atoms with Crippen molar-refractivity contribution < 1.29 is 8.42 Å². The van der Waals surface area contributed by atoms with E-state index in [1.54, 1.807) is 42.5 Å². The quantitative estimate of drug-likeness (QED) is 0.941. The van der Waals surface area contributed by atoms with Crippen LogP contribution in [0.2, 0.25) is 0 Å². The molecule has 3 nitrogen and oxygen atoms in total. The van der Waals surface area contributed by atoms with E-state index in [4.69, 9.17) is 0 Å². The first-order valence-electron chi connectivity index (χ1n) is 6.93. The van der Waals surface area contributed by atoms with Crippen LogP contribution in [0.1, 0.15) is 26.3 Å². The van der Waals surface area contributed by atoms with E-state index >= 15 is 0 Å². The Labute approximate surface area is 126 Å². The summed E-state index contributed by atoms with van der Waals surface area (Å²) in [5.74, 6) is 0. The summed E-state index contributed by atoms with van der Waals surface area (Å²) >= 11 is 0. The van der Waals surface area contributed by atoms with Gasteiger partial charge in [-0.25, -0.2) is 8.42 Å². The van der Waals surface area contributed by atoms with E-state index in [1.807, 2.05) is 12.1 Å². The molecule has 0 bridgehead atoms. The van der Waals surface area contributed by atoms with E-state index in [0.717, 1.165) is 12.1 Å². The van der Waals surface area contributed by atoms with Gasteiger partial charge < -0.3 is 5.32 Å². The van der Waals surface area contributed by atoms with Crippen LogP contribution in [0.15, 0.2) is 64.4 Å². The lowest BCUT2D eigenvalue weighted by molar-refractivity contribution is 0.424. The lowest BCUT2D eigenvalue weighted by atomic mass is 10.1. The molecule has 0 aliphatic heterocycles. The molecular weight excluding hydrogens is 282 g/mol. The predicted molar refractivity (Wildman–Crippen MR) is 84.9 cm³/mol. The summed E-state index contributed by atoms with van der Waals surface area (Å²) in [4.78, 5) is 0.652. The van der Waals surface area contributed by atoms with E-state index in [1.165, 1.54) is 0 Å². The van der Waals surface area contributed by atoms with Crippen LogP contribution in [0.4, 0.5) is 0 Å². The summed E-state index contributed by atoms with van der Waals surface area (Å²) < 4.78 is 24.9. The Morgan fingerprint density at radius 1 is 0.857 bits per heavy atom. The molecule has 0 aliphatic carbocycles. The third-order valence-corrected chi connectivity index (χ3v) is 4.90. The van der Waals surface area contributed by atoms with Gasteiger partial charge in [-0.15, -0.1) is 0 Å². The number of hydrogen-bond acceptors (Lipinski definition) is 3. The van der Waals surface area contributed by atoms with Crippen molar-refractivity contribution in [2.45, 2.75) is 42.6 Å². The van der Waals surface area contributed by atoms with Crippen molar-refractivity contribution >= 4 is 9.84 Å². The van der Waals surface area contributed by atoms with Crippen molar-refractivity contribution in [3.8, 4) is 0 Å². The number of rotatable bonds is 4. The fourth-order valence-electron chi connectivity index (χ4n) is 1.89. The standard InChI is InChI=1S/C17H21NO2S/c1-17(2,3)18-13-14-9-11-16(12-10-14)21(19,20)15-7-5-4-6-8-15/h4-12,18H,13H2,1-3H3. The SMILES string of the molecule is CC(C)(C)NCc1ccc(S(=O)(=O)c2ccccc2)cc1. The Kier molecular flexibility index (Phi) is 4.49. The van der Waals surface area contributed by atoms with Crippen molar-refractivity contribution in [1.82, 2.24) is 5.32 Å². The molecule has 0 saturated carbocycles. The summed E-state index contributed by atoms with van der Waals surface area (Å²) in [5.41, 5.74) is 1.10. The fraction of sp³-hybridized carbons (Fsp3) is 0.294. The molecule has 21 heavy (non-hydrogen) atoms. The first kappa shape index (κ1) is 15.7. The molecule has 0 aliphatic rings. The maximum atomic E-state index is 12.4. The molecule has 0 aromatic heterocycles. The summed E-state index contributed by atoms with van der Waals surface area (Å²) in [7, 11) is -3.42. The highest BCUT2D eigenvalue weighted by Crippen LogP contribution is 2.20. The molecule has 0 heterocycles. The highest BCUT2D eigenvalue weighted by atomic mass is 32.2. The average Bonchev–Trinajstić information content (AvgIpc) is 2.46. The van der Waals surface area contributed by atoms with E-state index in [-0.39, 0.29) is 5.54 Å². The number of hydrogen-bond donors (Lipinski definition) is 1. The Balaban J connectivity index is 2.19. The van der Waals surface area contributed by atoms with Gasteiger partial charge in [0.15, 0.2) is 0 Å². The lowest BCUT2D eigenvalue weighted by Crippen LogP contribution is -2.35. The van der Waals surface area contributed by atoms with Gasteiger partial charge in [-0.3, -0.25) is 0 Å². The molecule has 1 N–H and O–H groups in total. The van der Waals surface area contributed by atoms with Crippen LogP contribution in [0, 0.1) is 0 Å². The van der Waals surface area contributed by atoms with Crippen molar-refractivity contribution in [2.24, 2.45) is 0 Å². The molecule has 0 saturated heterocycles. The Morgan fingerprint density at radius 2 is 1.38 bits per heavy atom. The second-order valence-electron chi connectivity index (χ2n) is 6.06. The van der Waals surface area contributed by atoms with Crippen LogP contribution in [0.5, 0.6) is 0 Å². The van der Waals surface area contributed by atoms with Crippen LogP contribution < -0.4 is 5.32 Å². The first-order valence-corrected chi connectivity index (χ1v) is 8.41. The summed E-state index contributed by atoms with van der Waals surface area (Å²) in [6.07, 6.45) is 0. The predicted octanol–water partition coefficient (Wildman–Crippen LogP) is 3.41. The van der Waals surface area contributed by atoms with Gasteiger partial charge in [0.2, 0.25) is 9.84 Å². The van der Waals surface area contributed by atoms with Gasteiger partial charge in [0.1, 0.15) is 0 Å². The zero-order valence-corrected chi connectivity index (χ0v) is 13.4. The highest BCUT2D eigenvalue weighted by molar-refractivity contribution is 7.91. The van der Waals surface area contributed by atoms with Crippen molar-refractivity contribution in [3.05, 3.63) is 60.2 Å². The maximum Gasteiger partial charge on any atom is 0.206 e. The van der Waals surface area contributed by atoms with Gasteiger partial charge in [-0.2, -0.15) is 0 Å². The van der Waals surface area contributed by atoms with E-state index in [9.17, 15) is 8.42 Å². The van der Waals surface area contributed by atoms with Crippen LogP contribution in [0.25, 0.3) is 0 Å². The maximum absolute atomic E-state index is 12.4. The molecule has 4 heteroatoms. The first-order chi connectivity index (χ1) is 9.79. The summed E-state index contributed by atoms with van der Waals surface area (Å²) in [6, 6.07) is 15.5. The molecule has 2 rings (SSSR count). The van der Waals surface area contributed by atoms with Gasteiger partial charge in [0.05, 0.1) is 9.79 Å². The summed E-state index contributed by atoms with van der Waals surface area (Å²) in [6.45, 7) is 7.01. The molecule has 0 spiro atoms. The molecule has 0 unspecified atom stereocenters. The van der Waals surface area contributed by atoms with Crippen LogP contribution >= 0.6 is 0 Å². The topological polar surface area (TPSA) is 46.2 Å². The molecule has 2 aromatic carbocycles. The number of sulfone groups is 1. The molecule has 0 amide bonds. The third kappa shape index (κ3) is 4.16. The highest BCUT2D eigenvalue weighted by Gasteiger charge is 2.17. The van der Waals surface area contributed by atoms with Gasteiger partial charge in [0, 0.05) is 12.1 Å². The van der Waals surface area contributed by atoms with Gasteiger partial charge >= 0.3 is 0 Å². The monoisotopic (exact) mass is 303 g/mol. The lowest BCUT2D eigenvalue weighted by Gasteiger charge is -2.20. The average molecular weight is 303 g/mol. The Morgan fingerprint density at radius 3 is 1.90 bits per heavy atom. The minimum Gasteiger partial charge on any atom is -0.308 e. The smallest absolute Gasteiger partial charge is 0.206 e. The van der Waals surface area contributed by atoms with E-state index < -0.39 is 9.84 Å². The summed E-state index contributed by atoms with van der Waals surface area (Å²) in [5, 5.41) is 3.38. The molecular formula is C17H21NO2S. The second kappa shape index (κ2) is 6.00. The molecule has 0 radical (unpaired) electrons. The largest absolute Gasteiger partial charge is 0.308 e. The van der Waals surface area contributed by atoms with Gasteiger partial charge in [0.25, 0.3) is 0 Å². The zero-order chi connectivity index (χ0) is 15.5. The minimum absolute atomic E-state index is 0.0365.